The highest BCUT2D eigenvalue weighted by Gasteiger charge is 2.14. The Hall–Kier alpha value is -2.53. The van der Waals surface area contributed by atoms with Gasteiger partial charge in [0.25, 0.3) is 0 Å². The molecule has 5 heteroatoms. The fourth-order valence-corrected chi connectivity index (χ4v) is 2.72. The van der Waals surface area contributed by atoms with Crippen LogP contribution < -0.4 is 4.89 Å². The second kappa shape index (κ2) is 6.93. The van der Waals surface area contributed by atoms with Crippen LogP contribution >= 0.6 is 0 Å². The molecule has 0 fully saturated rings. The van der Waals surface area contributed by atoms with Gasteiger partial charge in [-0.1, -0.05) is 19.1 Å². The molecule has 0 unspecified atom stereocenters. The van der Waals surface area contributed by atoms with Crippen LogP contribution in [0.25, 0.3) is 10.9 Å². The highest BCUT2D eigenvalue weighted by atomic mass is 19.1. The van der Waals surface area contributed by atoms with Crippen LogP contribution in [-0.2, 0) is 17.7 Å². The molecule has 0 aliphatic rings. The first-order valence-electron chi connectivity index (χ1n) is 7.68. The van der Waals surface area contributed by atoms with Gasteiger partial charge in [0.2, 0.25) is 0 Å². The van der Waals surface area contributed by atoms with Gasteiger partial charge in [-0.3, -0.25) is 0 Å². The zero-order valence-electron chi connectivity index (χ0n) is 13.5. The van der Waals surface area contributed by atoms with E-state index in [1.54, 1.807) is 12.1 Å². The Balaban J connectivity index is 2.12. The first-order chi connectivity index (χ1) is 11.6. The quantitative estimate of drug-likeness (QED) is 0.506. The van der Waals surface area contributed by atoms with Gasteiger partial charge in [0, 0.05) is 11.1 Å². The number of aromatic nitrogens is 1. The number of hydrogen-bond acceptors (Lipinski definition) is 3. The van der Waals surface area contributed by atoms with Crippen molar-refractivity contribution in [2.45, 2.75) is 19.8 Å². The maximum atomic E-state index is 14.1. The number of hydrogen-bond donors (Lipinski definition) is 0. The fraction of sp³-hybridized carbons (Fsp3) is 0.211. The largest absolute Gasteiger partial charge is 0.337 e. The number of aryl methyl sites for hydroxylation is 1. The van der Waals surface area contributed by atoms with Crippen molar-refractivity contribution in [1.82, 2.24) is 4.98 Å². The van der Waals surface area contributed by atoms with Crippen LogP contribution in [0.5, 0.6) is 5.75 Å². The fourth-order valence-electron chi connectivity index (χ4n) is 2.72. The minimum absolute atomic E-state index is 0.254. The molecule has 0 saturated heterocycles. The van der Waals surface area contributed by atoms with Crippen LogP contribution in [-0.4, -0.2) is 12.1 Å². The summed E-state index contributed by atoms with van der Waals surface area (Å²) in [5.74, 6) is -0.273. The maximum Gasteiger partial charge on any atom is 0.174 e. The van der Waals surface area contributed by atoms with Crippen LogP contribution in [0.3, 0.4) is 0 Å². The maximum absolute atomic E-state index is 14.1. The first kappa shape index (κ1) is 16.3. The van der Waals surface area contributed by atoms with Crippen LogP contribution in [0, 0.1) is 11.6 Å². The van der Waals surface area contributed by atoms with Crippen molar-refractivity contribution >= 4 is 10.9 Å². The summed E-state index contributed by atoms with van der Waals surface area (Å²) in [5.41, 5.74) is 2.96. The highest BCUT2D eigenvalue weighted by Crippen LogP contribution is 2.30. The molecule has 0 radical (unpaired) electrons. The van der Waals surface area contributed by atoms with Gasteiger partial charge in [-0.05, 0) is 54.3 Å². The van der Waals surface area contributed by atoms with Crippen molar-refractivity contribution in [3.8, 4) is 5.75 Å². The Labute approximate surface area is 138 Å². The lowest BCUT2D eigenvalue weighted by Gasteiger charge is -2.12. The van der Waals surface area contributed by atoms with E-state index in [0.29, 0.717) is 24.0 Å². The standard InChI is InChI=1S/C19H17F2NO2/c1-3-17-13(10-12-4-6-14(20)7-5-12)11-15-18(24-23-2)9-8-16(21)19(15)22-17/h4-9,11H,3,10H2,1-2H3. The molecule has 0 N–H and O–H groups in total. The molecule has 3 nitrogen and oxygen atoms in total. The van der Waals surface area contributed by atoms with E-state index in [2.05, 4.69) is 4.98 Å². The minimum atomic E-state index is -0.406. The molecule has 3 aromatic rings. The Morgan fingerprint density at radius 1 is 1.04 bits per heavy atom. The van der Waals surface area contributed by atoms with Crippen molar-refractivity contribution in [3.05, 3.63) is 70.9 Å². The van der Waals surface area contributed by atoms with E-state index in [4.69, 9.17) is 9.78 Å². The number of fused-ring (bicyclic) bond motifs is 1. The summed E-state index contributed by atoms with van der Waals surface area (Å²) in [6.45, 7) is 1.97. The molecule has 0 amide bonds. The third-order valence-corrected chi connectivity index (χ3v) is 3.88. The number of nitrogens with zero attached hydrogens (tertiary/aromatic N) is 1. The number of benzene rings is 2. The number of halogens is 2. The predicted molar refractivity (Wildman–Crippen MR) is 87.9 cm³/mol. The Morgan fingerprint density at radius 3 is 2.46 bits per heavy atom. The Bertz CT molecular complexity index is 863. The lowest BCUT2D eigenvalue weighted by Crippen LogP contribution is -2.02. The summed E-state index contributed by atoms with van der Waals surface area (Å²) >= 11 is 0. The summed E-state index contributed by atoms with van der Waals surface area (Å²) in [4.78, 5) is 14.3. The first-order valence-corrected chi connectivity index (χ1v) is 7.68. The molecule has 0 saturated carbocycles. The minimum Gasteiger partial charge on any atom is -0.337 e. The van der Waals surface area contributed by atoms with Crippen LogP contribution in [0.4, 0.5) is 8.78 Å². The molecule has 2 aromatic carbocycles. The van der Waals surface area contributed by atoms with Gasteiger partial charge < -0.3 is 4.89 Å². The molecule has 1 heterocycles. The van der Waals surface area contributed by atoms with Crippen molar-refractivity contribution < 1.29 is 18.6 Å². The lowest BCUT2D eigenvalue weighted by molar-refractivity contribution is -0.176. The van der Waals surface area contributed by atoms with Gasteiger partial charge in [-0.15, -0.1) is 0 Å². The molecule has 0 bridgehead atoms. The Morgan fingerprint density at radius 2 is 1.79 bits per heavy atom. The molecular weight excluding hydrogens is 312 g/mol. The van der Waals surface area contributed by atoms with Crippen molar-refractivity contribution in [1.29, 1.82) is 0 Å². The molecule has 0 spiro atoms. The summed E-state index contributed by atoms with van der Waals surface area (Å²) < 4.78 is 27.2. The third-order valence-electron chi connectivity index (χ3n) is 3.88. The number of rotatable bonds is 5. The van der Waals surface area contributed by atoms with Crippen LogP contribution in [0.15, 0.2) is 42.5 Å². The molecule has 0 aliphatic carbocycles. The van der Waals surface area contributed by atoms with Gasteiger partial charge in [0.05, 0.1) is 7.11 Å². The second-order valence-electron chi connectivity index (χ2n) is 5.44. The van der Waals surface area contributed by atoms with E-state index >= 15 is 0 Å². The number of pyridine rings is 1. The smallest absolute Gasteiger partial charge is 0.174 e. The Kier molecular flexibility index (Phi) is 4.71. The van der Waals surface area contributed by atoms with Gasteiger partial charge in [-0.25, -0.2) is 13.8 Å². The monoisotopic (exact) mass is 329 g/mol. The topological polar surface area (TPSA) is 31.4 Å². The van der Waals surface area contributed by atoms with E-state index in [9.17, 15) is 8.78 Å². The molecular formula is C19H17F2NO2. The zero-order valence-corrected chi connectivity index (χ0v) is 13.5. The SMILES string of the molecule is CCc1nc2c(F)ccc(OOC)c2cc1Cc1ccc(F)cc1. The van der Waals surface area contributed by atoms with Crippen molar-refractivity contribution in [3.63, 3.8) is 0 Å². The van der Waals surface area contributed by atoms with E-state index < -0.39 is 5.82 Å². The average molecular weight is 329 g/mol. The van der Waals surface area contributed by atoms with Gasteiger partial charge >= 0.3 is 0 Å². The lowest BCUT2D eigenvalue weighted by atomic mass is 10.00. The van der Waals surface area contributed by atoms with Gasteiger partial charge in [0.15, 0.2) is 5.75 Å². The molecule has 1 aromatic heterocycles. The average Bonchev–Trinajstić information content (AvgIpc) is 2.59. The predicted octanol–water partition coefficient (Wildman–Crippen LogP) is 4.61. The normalized spacial score (nSPS) is 11.0. The van der Waals surface area contributed by atoms with Gasteiger partial charge in [0.1, 0.15) is 17.2 Å². The third kappa shape index (κ3) is 3.21. The van der Waals surface area contributed by atoms with Crippen LogP contribution in [0.1, 0.15) is 23.7 Å². The van der Waals surface area contributed by atoms with E-state index in [1.165, 1.54) is 31.4 Å². The van der Waals surface area contributed by atoms with Gasteiger partial charge in [-0.2, -0.15) is 4.89 Å². The van der Waals surface area contributed by atoms with Crippen LogP contribution in [0.2, 0.25) is 0 Å². The van der Waals surface area contributed by atoms with E-state index in [-0.39, 0.29) is 11.3 Å². The van der Waals surface area contributed by atoms with E-state index in [1.807, 2.05) is 13.0 Å². The van der Waals surface area contributed by atoms with Crippen molar-refractivity contribution in [2.75, 3.05) is 7.11 Å². The summed E-state index contributed by atoms with van der Waals surface area (Å²) in [6.07, 6.45) is 1.25. The molecule has 24 heavy (non-hydrogen) atoms. The second-order valence-corrected chi connectivity index (χ2v) is 5.44. The summed E-state index contributed by atoms with van der Waals surface area (Å²) in [6, 6.07) is 11.0. The zero-order chi connectivity index (χ0) is 17.1. The highest BCUT2D eigenvalue weighted by molar-refractivity contribution is 5.86. The molecule has 3 rings (SSSR count). The summed E-state index contributed by atoms with van der Waals surface area (Å²) in [5, 5.41) is 0.547. The molecule has 0 atom stereocenters. The molecule has 124 valence electrons. The summed E-state index contributed by atoms with van der Waals surface area (Å²) in [7, 11) is 1.39. The van der Waals surface area contributed by atoms with E-state index in [0.717, 1.165) is 16.8 Å². The van der Waals surface area contributed by atoms with Crippen molar-refractivity contribution in [2.24, 2.45) is 0 Å². The molecule has 0 aliphatic heterocycles.